The Morgan fingerprint density at radius 2 is 1.94 bits per heavy atom. The topological polar surface area (TPSA) is 87.7 Å². The van der Waals surface area contributed by atoms with Crippen LogP contribution in [0.25, 0.3) is 0 Å². The zero-order valence-corrected chi connectivity index (χ0v) is 9.40. The van der Waals surface area contributed by atoms with Crippen LogP contribution < -0.4 is 10.6 Å². The fourth-order valence-electron chi connectivity index (χ4n) is 1.17. The maximum Gasteiger partial charge on any atom is 0.243 e. The van der Waals surface area contributed by atoms with Crippen LogP contribution in [0.4, 0.5) is 5.69 Å². The van der Waals surface area contributed by atoms with E-state index in [4.69, 9.17) is 5.26 Å². The molecule has 0 aromatic heterocycles. The van der Waals surface area contributed by atoms with E-state index in [1.54, 1.807) is 24.3 Å². The fraction of sp³-hybridized carbons (Fsp3) is 0.273. The Bertz CT molecular complexity index is 389. The molecule has 17 heavy (non-hydrogen) atoms. The highest BCUT2D eigenvalue weighted by molar-refractivity contribution is 5.94. The fourth-order valence-corrected chi connectivity index (χ4v) is 1.17. The molecule has 3 N–H and O–H groups in total. The lowest BCUT2D eigenvalue weighted by Crippen LogP contribution is -2.31. The van der Waals surface area contributed by atoms with Gasteiger partial charge in [0, 0.05) is 12.6 Å². The molecule has 0 unspecified atom stereocenters. The van der Waals surface area contributed by atoms with E-state index in [1.165, 1.54) is 6.92 Å². The van der Waals surface area contributed by atoms with Crippen LogP contribution in [0.3, 0.4) is 0 Å². The number of hydrogen-bond acceptors (Lipinski definition) is 4. The van der Waals surface area contributed by atoms with Gasteiger partial charge in [0.2, 0.25) is 11.8 Å². The van der Waals surface area contributed by atoms with Crippen LogP contribution in [0.15, 0.2) is 24.3 Å². The summed E-state index contributed by atoms with van der Waals surface area (Å²) < 4.78 is 0. The highest BCUT2D eigenvalue weighted by Gasteiger charge is 2.02. The molecule has 0 aliphatic heterocycles. The van der Waals surface area contributed by atoms with E-state index >= 15 is 0 Å². The van der Waals surface area contributed by atoms with Crippen LogP contribution in [0.2, 0.25) is 0 Å². The quantitative estimate of drug-likeness (QED) is 0.521. The molecule has 0 aliphatic rings. The molecule has 6 heteroatoms. The van der Waals surface area contributed by atoms with Crippen molar-refractivity contribution >= 4 is 17.5 Å². The van der Waals surface area contributed by atoms with Crippen molar-refractivity contribution in [1.29, 1.82) is 0 Å². The Hall–Kier alpha value is -1.92. The largest absolute Gasteiger partial charge is 0.347 e. The van der Waals surface area contributed by atoms with E-state index in [-0.39, 0.29) is 25.0 Å². The van der Waals surface area contributed by atoms with Gasteiger partial charge in [0.15, 0.2) is 0 Å². The summed E-state index contributed by atoms with van der Waals surface area (Å²) in [7, 11) is 0. The Morgan fingerprint density at radius 1 is 1.29 bits per heavy atom. The van der Waals surface area contributed by atoms with E-state index in [1.807, 2.05) is 0 Å². The minimum atomic E-state index is -0.300. The minimum Gasteiger partial charge on any atom is -0.347 e. The first-order chi connectivity index (χ1) is 8.11. The number of benzene rings is 1. The number of carbonyl (C=O) groups is 2. The van der Waals surface area contributed by atoms with Gasteiger partial charge in [0.25, 0.3) is 0 Å². The Balaban J connectivity index is 2.45. The molecule has 0 atom stereocenters. The van der Waals surface area contributed by atoms with Gasteiger partial charge in [-0.05, 0) is 17.7 Å². The lowest BCUT2D eigenvalue weighted by molar-refractivity contribution is -0.253. The van der Waals surface area contributed by atoms with Gasteiger partial charge in [-0.25, -0.2) is 4.89 Å². The van der Waals surface area contributed by atoms with Crippen LogP contribution in [-0.2, 0) is 21.1 Å². The Morgan fingerprint density at radius 3 is 2.47 bits per heavy atom. The molecule has 1 rings (SSSR count). The van der Waals surface area contributed by atoms with E-state index < -0.39 is 0 Å². The van der Waals surface area contributed by atoms with Crippen LogP contribution in [-0.4, -0.2) is 23.6 Å². The number of rotatable bonds is 5. The normalized spacial score (nSPS) is 9.76. The first kappa shape index (κ1) is 13.1. The number of carbonyl (C=O) groups excluding carboxylic acids is 2. The third kappa shape index (κ3) is 5.10. The van der Waals surface area contributed by atoms with Gasteiger partial charge in [-0.15, -0.1) is 0 Å². The predicted octanol–water partition coefficient (Wildman–Crippen LogP) is 0.751. The van der Waals surface area contributed by atoms with Crippen molar-refractivity contribution in [2.45, 2.75) is 13.5 Å². The Kier molecular flexibility index (Phi) is 5.12. The second-order valence-electron chi connectivity index (χ2n) is 3.43. The molecule has 0 radical (unpaired) electrons. The molecule has 92 valence electrons. The standard InChI is InChI=1S/C11H14N2O4/c1-8(14)12-6-11(15)13-10-4-2-9(3-5-10)7-17-16/h2-5,16H,6-7H2,1H3,(H,12,14)(H,13,15). The van der Waals surface area contributed by atoms with Gasteiger partial charge >= 0.3 is 0 Å². The molecule has 0 spiro atoms. The van der Waals surface area contributed by atoms with Crippen LogP contribution in [0.5, 0.6) is 0 Å². The second-order valence-corrected chi connectivity index (χ2v) is 3.43. The average Bonchev–Trinajstić information content (AvgIpc) is 2.29. The molecule has 0 bridgehead atoms. The van der Waals surface area contributed by atoms with E-state index in [2.05, 4.69) is 15.5 Å². The highest BCUT2D eigenvalue weighted by Crippen LogP contribution is 2.09. The summed E-state index contributed by atoms with van der Waals surface area (Å²) in [4.78, 5) is 25.9. The number of anilines is 1. The second kappa shape index (κ2) is 6.62. The molecule has 2 amide bonds. The molecule has 0 saturated carbocycles. The molecule has 0 heterocycles. The van der Waals surface area contributed by atoms with E-state index in [0.717, 1.165) is 5.56 Å². The first-order valence-electron chi connectivity index (χ1n) is 5.01. The van der Waals surface area contributed by atoms with Crippen molar-refractivity contribution in [2.75, 3.05) is 11.9 Å². The summed E-state index contributed by atoms with van der Waals surface area (Å²) in [6.07, 6.45) is 0. The lowest BCUT2D eigenvalue weighted by Gasteiger charge is -2.06. The summed E-state index contributed by atoms with van der Waals surface area (Å²) >= 11 is 0. The van der Waals surface area contributed by atoms with E-state index in [0.29, 0.717) is 5.69 Å². The molecule has 6 nitrogen and oxygen atoms in total. The maximum atomic E-state index is 11.3. The third-order valence-corrected chi connectivity index (χ3v) is 1.97. The summed E-state index contributed by atoms with van der Waals surface area (Å²) in [5.41, 5.74) is 1.40. The van der Waals surface area contributed by atoms with Crippen molar-refractivity contribution in [3.63, 3.8) is 0 Å². The Labute approximate surface area is 98.5 Å². The molecule has 0 fully saturated rings. The SMILES string of the molecule is CC(=O)NCC(=O)Nc1ccc(COO)cc1. The lowest BCUT2D eigenvalue weighted by atomic mass is 10.2. The summed E-state index contributed by atoms with van der Waals surface area (Å²) in [6.45, 7) is 1.38. The van der Waals surface area contributed by atoms with E-state index in [9.17, 15) is 9.59 Å². The van der Waals surface area contributed by atoms with Crippen molar-refractivity contribution in [3.8, 4) is 0 Å². The van der Waals surface area contributed by atoms with Crippen LogP contribution in [0.1, 0.15) is 12.5 Å². The zero-order valence-electron chi connectivity index (χ0n) is 9.40. The van der Waals surface area contributed by atoms with Gasteiger partial charge in [-0.1, -0.05) is 12.1 Å². The first-order valence-corrected chi connectivity index (χ1v) is 5.01. The van der Waals surface area contributed by atoms with Crippen molar-refractivity contribution < 1.29 is 19.7 Å². The molecule has 0 saturated heterocycles. The predicted molar refractivity (Wildman–Crippen MR) is 61.2 cm³/mol. The molecule has 0 aliphatic carbocycles. The number of hydrogen-bond donors (Lipinski definition) is 3. The van der Waals surface area contributed by atoms with Crippen LogP contribution in [0, 0.1) is 0 Å². The summed E-state index contributed by atoms with van der Waals surface area (Å²) in [6, 6.07) is 6.79. The molecule has 1 aromatic rings. The van der Waals surface area contributed by atoms with Gasteiger partial charge in [0.05, 0.1) is 6.54 Å². The average molecular weight is 238 g/mol. The number of nitrogens with one attached hydrogen (secondary N) is 2. The third-order valence-electron chi connectivity index (χ3n) is 1.97. The summed E-state index contributed by atoms with van der Waals surface area (Å²) in [5.74, 6) is -0.554. The molecular formula is C11H14N2O4. The zero-order chi connectivity index (χ0) is 12.7. The van der Waals surface area contributed by atoms with Gasteiger partial charge < -0.3 is 10.6 Å². The van der Waals surface area contributed by atoms with Gasteiger partial charge in [-0.3, -0.25) is 14.8 Å². The van der Waals surface area contributed by atoms with Crippen molar-refractivity contribution in [1.82, 2.24) is 5.32 Å². The molecule has 1 aromatic carbocycles. The van der Waals surface area contributed by atoms with Crippen molar-refractivity contribution in [2.24, 2.45) is 0 Å². The van der Waals surface area contributed by atoms with Gasteiger partial charge in [-0.2, -0.15) is 0 Å². The van der Waals surface area contributed by atoms with Crippen LogP contribution >= 0.6 is 0 Å². The molecular weight excluding hydrogens is 224 g/mol. The summed E-state index contributed by atoms with van der Waals surface area (Å²) in [5, 5.41) is 13.2. The highest BCUT2D eigenvalue weighted by atomic mass is 17.1. The maximum absolute atomic E-state index is 11.3. The van der Waals surface area contributed by atoms with Gasteiger partial charge in [0.1, 0.15) is 6.61 Å². The monoisotopic (exact) mass is 238 g/mol. The number of amides is 2. The minimum absolute atomic E-state index is 0.0587. The van der Waals surface area contributed by atoms with Crippen molar-refractivity contribution in [3.05, 3.63) is 29.8 Å². The smallest absolute Gasteiger partial charge is 0.243 e.